The van der Waals surface area contributed by atoms with Crippen molar-refractivity contribution >= 4 is 15.7 Å². The van der Waals surface area contributed by atoms with Crippen molar-refractivity contribution in [2.45, 2.75) is 11.4 Å². The van der Waals surface area contributed by atoms with Crippen LogP contribution in [0.25, 0.3) is 0 Å². The second-order valence-electron chi connectivity index (χ2n) is 4.43. The molecule has 6 heteroatoms. The maximum absolute atomic E-state index is 12.4. The van der Waals surface area contributed by atoms with Crippen molar-refractivity contribution < 1.29 is 8.42 Å². The fourth-order valence-corrected chi connectivity index (χ4v) is 3.05. The van der Waals surface area contributed by atoms with Crippen LogP contribution in [0.15, 0.2) is 53.4 Å². The minimum atomic E-state index is -3.72. The topological polar surface area (TPSA) is 82.0 Å². The lowest BCUT2D eigenvalue weighted by molar-refractivity contribution is 0.601. The van der Waals surface area contributed by atoms with Crippen LogP contribution in [-0.2, 0) is 16.6 Å². The van der Waals surface area contributed by atoms with Crippen LogP contribution in [0.3, 0.4) is 0 Å². The highest BCUT2D eigenvalue weighted by Crippen LogP contribution is 2.20. The van der Waals surface area contributed by atoms with E-state index in [1.54, 1.807) is 31.3 Å². The SMILES string of the molecule is CNCc1ccccc1NS(=O)(=O)c1cccc(C#N)c1. The lowest BCUT2D eigenvalue weighted by Crippen LogP contribution is -2.16. The number of nitriles is 1. The summed E-state index contributed by atoms with van der Waals surface area (Å²) < 4.78 is 27.3. The van der Waals surface area contributed by atoms with Crippen LogP contribution in [0.4, 0.5) is 5.69 Å². The highest BCUT2D eigenvalue weighted by Gasteiger charge is 2.16. The summed E-state index contributed by atoms with van der Waals surface area (Å²) in [6, 6.07) is 15.0. The Morgan fingerprint density at radius 1 is 1.14 bits per heavy atom. The molecule has 0 unspecified atom stereocenters. The van der Waals surface area contributed by atoms with Gasteiger partial charge < -0.3 is 5.32 Å². The van der Waals surface area contributed by atoms with Gasteiger partial charge in [0.2, 0.25) is 0 Å². The van der Waals surface area contributed by atoms with Gasteiger partial charge in [0.15, 0.2) is 0 Å². The van der Waals surface area contributed by atoms with E-state index in [0.29, 0.717) is 17.8 Å². The molecule has 0 aliphatic rings. The number of nitrogens with zero attached hydrogens (tertiary/aromatic N) is 1. The molecule has 5 nitrogen and oxygen atoms in total. The van der Waals surface area contributed by atoms with Crippen LogP contribution in [0.2, 0.25) is 0 Å². The van der Waals surface area contributed by atoms with E-state index in [1.807, 2.05) is 18.2 Å². The summed E-state index contributed by atoms with van der Waals surface area (Å²) in [4.78, 5) is 0.0702. The monoisotopic (exact) mass is 301 g/mol. The van der Waals surface area contributed by atoms with Crippen LogP contribution < -0.4 is 10.0 Å². The zero-order valence-corrected chi connectivity index (χ0v) is 12.3. The van der Waals surface area contributed by atoms with Crippen molar-refractivity contribution in [3.8, 4) is 6.07 Å². The van der Waals surface area contributed by atoms with Gasteiger partial charge in [-0.3, -0.25) is 4.72 Å². The molecule has 0 bridgehead atoms. The van der Waals surface area contributed by atoms with Crippen LogP contribution in [0.1, 0.15) is 11.1 Å². The molecule has 0 aliphatic carbocycles. The standard InChI is InChI=1S/C15H15N3O2S/c1-17-11-13-6-2-3-8-15(13)18-21(19,20)14-7-4-5-12(9-14)10-16/h2-9,17-18H,11H2,1H3. The molecular weight excluding hydrogens is 286 g/mol. The Hall–Kier alpha value is -2.36. The van der Waals surface area contributed by atoms with E-state index in [1.165, 1.54) is 12.1 Å². The molecule has 0 atom stereocenters. The van der Waals surface area contributed by atoms with Crippen molar-refractivity contribution in [2.75, 3.05) is 11.8 Å². The van der Waals surface area contributed by atoms with E-state index in [9.17, 15) is 8.42 Å². The van der Waals surface area contributed by atoms with Gasteiger partial charge >= 0.3 is 0 Å². The lowest BCUT2D eigenvalue weighted by atomic mass is 10.2. The molecule has 2 N–H and O–H groups in total. The predicted molar refractivity (Wildman–Crippen MR) is 81.2 cm³/mol. The zero-order valence-electron chi connectivity index (χ0n) is 11.5. The fraction of sp³-hybridized carbons (Fsp3) is 0.133. The van der Waals surface area contributed by atoms with Gasteiger partial charge in [-0.15, -0.1) is 0 Å². The molecule has 0 amide bonds. The first kappa shape index (κ1) is 15.0. The largest absolute Gasteiger partial charge is 0.316 e. The first-order chi connectivity index (χ1) is 10.1. The average Bonchev–Trinajstić information content (AvgIpc) is 2.49. The van der Waals surface area contributed by atoms with Crippen LogP contribution >= 0.6 is 0 Å². The lowest BCUT2D eigenvalue weighted by Gasteiger charge is -2.12. The molecule has 2 aromatic rings. The van der Waals surface area contributed by atoms with E-state index in [2.05, 4.69) is 10.0 Å². The highest BCUT2D eigenvalue weighted by molar-refractivity contribution is 7.92. The molecule has 0 saturated carbocycles. The Morgan fingerprint density at radius 2 is 1.90 bits per heavy atom. The maximum Gasteiger partial charge on any atom is 0.261 e. The van der Waals surface area contributed by atoms with Gasteiger partial charge in [0.05, 0.1) is 22.2 Å². The number of para-hydroxylation sites is 1. The number of hydrogen-bond acceptors (Lipinski definition) is 4. The Balaban J connectivity index is 2.36. The van der Waals surface area contributed by atoms with Gasteiger partial charge in [0.1, 0.15) is 0 Å². The summed E-state index contributed by atoms with van der Waals surface area (Å²) in [6.07, 6.45) is 0. The number of benzene rings is 2. The average molecular weight is 301 g/mol. The van der Waals surface area contributed by atoms with Gasteiger partial charge in [-0.1, -0.05) is 24.3 Å². The van der Waals surface area contributed by atoms with Gasteiger partial charge in [-0.05, 0) is 36.9 Å². The molecule has 0 heterocycles. The first-order valence-corrected chi connectivity index (χ1v) is 7.80. The molecule has 0 aromatic heterocycles. The Morgan fingerprint density at radius 3 is 2.62 bits per heavy atom. The van der Waals surface area contributed by atoms with Crippen molar-refractivity contribution in [2.24, 2.45) is 0 Å². The second kappa shape index (κ2) is 6.39. The Kier molecular flexibility index (Phi) is 4.58. The van der Waals surface area contributed by atoms with E-state index in [4.69, 9.17) is 5.26 Å². The second-order valence-corrected chi connectivity index (χ2v) is 6.12. The zero-order chi connectivity index (χ0) is 15.3. The smallest absolute Gasteiger partial charge is 0.261 e. The summed E-state index contributed by atoms with van der Waals surface area (Å²) in [5, 5.41) is 11.8. The highest BCUT2D eigenvalue weighted by atomic mass is 32.2. The van der Waals surface area contributed by atoms with Gasteiger partial charge in [-0.25, -0.2) is 8.42 Å². The van der Waals surface area contributed by atoms with E-state index in [-0.39, 0.29) is 4.90 Å². The van der Waals surface area contributed by atoms with Gasteiger partial charge in [0, 0.05) is 6.54 Å². The van der Waals surface area contributed by atoms with Gasteiger partial charge in [0.25, 0.3) is 10.0 Å². The molecule has 0 aliphatic heterocycles. The Labute approximate surface area is 124 Å². The van der Waals surface area contributed by atoms with E-state index in [0.717, 1.165) is 5.56 Å². The third kappa shape index (κ3) is 3.60. The van der Waals surface area contributed by atoms with Crippen molar-refractivity contribution in [3.63, 3.8) is 0 Å². The summed E-state index contributed by atoms with van der Waals surface area (Å²) >= 11 is 0. The minimum Gasteiger partial charge on any atom is -0.316 e. The van der Waals surface area contributed by atoms with Crippen LogP contribution in [0, 0.1) is 11.3 Å². The van der Waals surface area contributed by atoms with Gasteiger partial charge in [-0.2, -0.15) is 5.26 Å². The van der Waals surface area contributed by atoms with E-state index >= 15 is 0 Å². The summed E-state index contributed by atoms with van der Waals surface area (Å²) in [6.45, 7) is 0.553. The molecule has 0 fully saturated rings. The molecule has 0 spiro atoms. The molecule has 0 saturated heterocycles. The molecule has 2 rings (SSSR count). The quantitative estimate of drug-likeness (QED) is 0.886. The number of hydrogen-bond donors (Lipinski definition) is 2. The first-order valence-electron chi connectivity index (χ1n) is 6.32. The summed E-state index contributed by atoms with van der Waals surface area (Å²) in [5.74, 6) is 0. The van der Waals surface area contributed by atoms with Crippen molar-refractivity contribution in [1.29, 1.82) is 5.26 Å². The molecule has 0 radical (unpaired) electrons. The molecule has 2 aromatic carbocycles. The normalized spacial score (nSPS) is 10.9. The Bertz CT molecular complexity index is 780. The number of nitrogens with one attached hydrogen (secondary N) is 2. The molecular formula is C15H15N3O2S. The molecule has 21 heavy (non-hydrogen) atoms. The number of sulfonamides is 1. The maximum atomic E-state index is 12.4. The molecule has 108 valence electrons. The van der Waals surface area contributed by atoms with Crippen molar-refractivity contribution in [1.82, 2.24) is 5.32 Å². The minimum absolute atomic E-state index is 0.0702. The third-order valence-electron chi connectivity index (χ3n) is 2.90. The van der Waals surface area contributed by atoms with Crippen molar-refractivity contribution in [3.05, 3.63) is 59.7 Å². The number of anilines is 1. The summed E-state index contributed by atoms with van der Waals surface area (Å²) in [7, 11) is -1.92. The summed E-state index contributed by atoms with van der Waals surface area (Å²) in [5.41, 5.74) is 1.68. The van der Waals surface area contributed by atoms with E-state index < -0.39 is 10.0 Å². The van der Waals surface area contributed by atoms with Crippen LogP contribution in [-0.4, -0.2) is 15.5 Å². The fourth-order valence-electron chi connectivity index (χ4n) is 1.90. The third-order valence-corrected chi connectivity index (χ3v) is 4.27. The predicted octanol–water partition coefficient (Wildman–Crippen LogP) is 2.08. The van der Waals surface area contributed by atoms with Crippen LogP contribution in [0.5, 0.6) is 0 Å². The number of rotatable bonds is 5.